The van der Waals surface area contributed by atoms with Gasteiger partial charge in [0.15, 0.2) is 0 Å². The van der Waals surface area contributed by atoms with E-state index in [1.165, 1.54) is 6.20 Å². The second kappa shape index (κ2) is 9.71. The van der Waals surface area contributed by atoms with Crippen LogP contribution in [0.15, 0.2) is 24.7 Å². The molecule has 3 N–H and O–H groups in total. The van der Waals surface area contributed by atoms with Gasteiger partial charge in [0.2, 0.25) is 11.8 Å². The normalized spacial score (nSPS) is 22.0. The zero-order valence-corrected chi connectivity index (χ0v) is 17.8. The summed E-state index contributed by atoms with van der Waals surface area (Å²) in [4.78, 5) is 25.6. The van der Waals surface area contributed by atoms with Gasteiger partial charge in [-0.3, -0.25) is 20.0 Å². The number of halogens is 1. The van der Waals surface area contributed by atoms with E-state index in [9.17, 15) is 15.2 Å². The molecular formula is C20H26ClN7O3. The Balaban J connectivity index is 1.33. The average molecular weight is 448 g/mol. The number of nitrogens with zero attached hydrogens (tertiary/aromatic N) is 5. The highest BCUT2D eigenvalue weighted by Gasteiger charge is 2.33. The summed E-state index contributed by atoms with van der Waals surface area (Å²) in [6, 6.07) is 2.33. The van der Waals surface area contributed by atoms with Crippen LogP contribution in [0.5, 0.6) is 0 Å². The number of nitrogens with one attached hydrogen (secondary N) is 2. The maximum Gasteiger partial charge on any atom is 0.329 e. The third-order valence-corrected chi connectivity index (χ3v) is 6.38. The predicted molar refractivity (Wildman–Crippen MR) is 117 cm³/mol. The van der Waals surface area contributed by atoms with Crippen LogP contribution in [0.3, 0.4) is 0 Å². The molecule has 0 spiro atoms. The molecule has 0 unspecified atom stereocenters. The highest BCUT2D eigenvalue weighted by atomic mass is 35.5. The first-order chi connectivity index (χ1) is 15.0. The SMILES string of the molecule is O=[N+]([O-])c1cnc(NCc2ccncc2Cl)nc1NC[C@H]1CC[C@H](N2CC(O)C2)CC1. The number of aliphatic hydroxyl groups excluding tert-OH is 1. The van der Waals surface area contributed by atoms with E-state index >= 15 is 0 Å². The second-order valence-corrected chi connectivity index (χ2v) is 8.58. The van der Waals surface area contributed by atoms with Crippen LogP contribution in [0.2, 0.25) is 5.02 Å². The number of pyridine rings is 1. The lowest BCUT2D eigenvalue weighted by Gasteiger charge is -2.44. The van der Waals surface area contributed by atoms with Gasteiger partial charge in [0.05, 0.1) is 16.0 Å². The molecule has 1 aliphatic heterocycles. The fraction of sp³-hybridized carbons (Fsp3) is 0.550. The molecule has 31 heavy (non-hydrogen) atoms. The maximum absolute atomic E-state index is 11.4. The van der Waals surface area contributed by atoms with Crippen LogP contribution in [0.25, 0.3) is 0 Å². The Morgan fingerprint density at radius 3 is 2.68 bits per heavy atom. The number of aliphatic hydroxyl groups is 1. The quantitative estimate of drug-likeness (QED) is 0.413. The van der Waals surface area contributed by atoms with Crippen molar-refractivity contribution in [1.82, 2.24) is 19.9 Å². The van der Waals surface area contributed by atoms with Gasteiger partial charge in [-0.2, -0.15) is 4.98 Å². The predicted octanol–water partition coefficient (Wildman–Crippen LogP) is 2.69. The van der Waals surface area contributed by atoms with Gasteiger partial charge < -0.3 is 15.7 Å². The molecule has 2 aliphatic rings. The van der Waals surface area contributed by atoms with E-state index in [-0.39, 0.29) is 17.6 Å². The Morgan fingerprint density at radius 2 is 2.00 bits per heavy atom. The molecule has 1 saturated heterocycles. The molecular weight excluding hydrogens is 422 g/mol. The first kappa shape index (κ1) is 21.7. The number of hydrogen-bond acceptors (Lipinski definition) is 9. The zero-order valence-electron chi connectivity index (χ0n) is 17.1. The van der Waals surface area contributed by atoms with Crippen molar-refractivity contribution in [2.24, 2.45) is 5.92 Å². The smallest absolute Gasteiger partial charge is 0.329 e. The van der Waals surface area contributed by atoms with Gasteiger partial charge in [0.1, 0.15) is 6.20 Å². The fourth-order valence-corrected chi connectivity index (χ4v) is 4.37. The minimum Gasteiger partial charge on any atom is -0.390 e. The number of aromatic nitrogens is 3. The molecule has 0 aromatic carbocycles. The Bertz CT molecular complexity index is 917. The number of hydrogen-bond donors (Lipinski definition) is 3. The van der Waals surface area contributed by atoms with E-state index in [0.29, 0.717) is 36.0 Å². The monoisotopic (exact) mass is 447 g/mol. The minimum atomic E-state index is -0.474. The van der Waals surface area contributed by atoms with Crippen molar-refractivity contribution >= 4 is 29.1 Å². The molecule has 1 saturated carbocycles. The highest BCUT2D eigenvalue weighted by Crippen LogP contribution is 2.31. The van der Waals surface area contributed by atoms with Crippen molar-refractivity contribution in [3.8, 4) is 0 Å². The molecule has 2 aromatic heterocycles. The van der Waals surface area contributed by atoms with E-state index < -0.39 is 4.92 Å². The first-order valence-electron chi connectivity index (χ1n) is 10.5. The number of nitro groups is 1. The van der Waals surface area contributed by atoms with E-state index in [1.807, 2.05) is 0 Å². The lowest BCUT2D eigenvalue weighted by atomic mass is 9.84. The van der Waals surface area contributed by atoms with Gasteiger partial charge in [0.25, 0.3) is 0 Å². The van der Waals surface area contributed by atoms with Crippen LogP contribution >= 0.6 is 11.6 Å². The van der Waals surface area contributed by atoms with Crippen molar-refractivity contribution in [2.75, 3.05) is 30.3 Å². The minimum absolute atomic E-state index is 0.143. The molecule has 1 aliphatic carbocycles. The maximum atomic E-state index is 11.4. The Hall–Kier alpha value is -2.56. The number of anilines is 2. The number of likely N-dealkylation sites (tertiary alicyclic amines) is 1. The highest BCUT2D eigenvalue weighted by molar-refractivity contribution is 6.31. The molecule has 0 amide bonds. The summed E-state index contributed by atoms with van der Waals surface area (Å²) in [6.07, 6.45) is 8.53. The van der Waals surface area contributed by atoms with Crippen molar-refractivity contribution in [1.29, 1.82) is 0 Å². The molecule has 3 heterocycles. The Kier molecular flexibility index (Phi) is 6.79. The molecule has 0 atom stereocenters. The first-order valence-corrected chi connectivity index (χ1v) is 10.9. The second-order valence-electron chi connectivity index (χ2n) is 8.17. The van der Waals surface area contributed by atoms with Crippen LogP contribution in [0.4, 0.5) is 17.5 Å². The summed E-state index contributed by atoms with van der Waals surface area (Å²) in [5.41, 5.74) is 0.690. The molecule has 2 fully saturated rings. The van der Waals surface area contributed by atoms with E-state index in [4.69, 9.17) is 11.6 Å². The van der Waals surface area contributed by atoms with Gasteiger partial charge in [-0.15, -0.1) is 0 Å². The van der Waals surface area contributed by atoms with Crippen LogP contribution < -0.4 is 10.6 Å². The van der Waals surface area contributed by atoms with E-state index in [1.54, 1.807) is 18.5 Å². The van der Waals surface area contributed by atoms with Crippen molar-refractivity contribution < 1.29 is 10.0 Å². The number of β-amino-alcohol motifs (C(OH)–C–C–N with tert-alkyl or cyclic N) is 1. The molecule has 2 aromatic rings. The third kappa shape index (κ3) is 5.38. The summed E-state index contributed by atoms with van der Waals surface area (Å²) >= 11 is 6.11. The summed E-state index contributed by atoms with van der Waals surface area (Å²) in [5.74, 6) is 0.946. The van der Waals surface area contributed by atoms with Crippen LogP contribution in [0.1, 0.15) is 31.2 Å². The topological polar surface area (TPSA) is 129 Å². The largest absolute Gasteiger partial charge is 0.390 e. The van der Waals surface area contributed by atoms with Gasteiger partial charge >= 0.3 is 5.69 Å². The van der Waals surface area contributed by atoms with E-state index in [2.05, 4.69) is 30.5 Å². The third-order valence-electron chi connectivity index (χ3n) is 6.04. The average Bonchev–Trinajstić information content (AvgIpc) is 2.75. The zero-order chi connectivity index (χ0) is 21.8. The standard InChI is InChI=1S/C20H26ClN7O3/c21-17-9-22-6-5-14(17)8-24-20-25-10-18(28(30)31)19(26-20)23-7-13-1-3-15(4-2-13)27-11-16(29)12-27/h5-6,9-10,13,15-16,29H,1-4,7-8,11-12H2,(H2,23,24,25,26)/t13-,15-. The van der Waals surface area contributed by atoms with Crippen molar-refractivity contribution in [3.63, 3.8) is 0 Å². The van der Waals surface area contributed by atoms with Gasteiger partial charge in [-0.1, -0.05) is 11.6 Å². The summed E-state index contributed by atoms with van der Waals surface area (Å²) in [6.45, 7) is 2.57. The lowest BCUT2D eigenvalue weighted by Crippen LogP contribution is -2.56. The van der Waals surface area contributed by atoms with Crippen molar-refractivity contribution in [3.05, 3.63) is 45.4 Å². The fourth-order valence-electron chi connectivity index (χ4n) is 4.19. The van der Waals surface area contributed by atoms with Gasteiger partial charge in [-0.05, 0) is 43.2 Å². The van der Waals surface area contributed by atoms with Crippen molar-refractivity contribution in [2.45, 2.75) is 44.4 Å². The van der Waals surface area contributed by atoms with Gasteiger partial charge in [0, 0.05) is 44.6 Å². The van der Waals surface area contributed by atoms with Gasteiger partial charge in [-0.25, -0.2) is 4.98 Å². The van der Waals surface area contributed by atoms with E-state index in [0.717, 1.165) is 44.3 Å². The summed E-state index contributed by atoms with van der Waals surface area (Å²) < 4.78 is 0. The lowest BCUT2D eigenvalue weighted by molar-refractivity contribution is -0.384. The summed E-state index contributed by atoms with van der Waals surface area (Å²) in [7, 11) is 0. The molecule has 166 valence electrons. The van der Waals surface area contributed by atoms with Crippen LogP contribution in [-0.4, -0.2) is 61.7 Å². The molecule has 0 radical (unpaired) electrons. The van der Waals surface area contributed by atoms with Crippen LogP contribution in [-0.2, 0) is 6.54 Å². The Morgan fingerprint density at radius 1 is 1.23 bits per heavy atom. The number of rotatable bonds is 8. The Labute approximate surface area is 185 Å². The molecule has 0 bridgehead atoms. The molecule has 11 heteroatoms. The molecule has 4 rings (SSSR count). The summed E-state index contributed by atoms with van der Waals surface area (Å²) in [5, 5.41) is 27.7. The molecule has 10 nitrogen and oxygen atoms in total. The van der Waals surface area contributed by atoms with Crippen LogP contribution in [0, 0.1) is 16.0 Å².